The lowest BCUT2D eigenvalue weighted by Gasteiger charge is -2.14. The van der Waals surface area contributed by atoms with Gasteiger partial charge in [-0.1, -0.05) is 11.6 Å². The van der Waals surface area contributed by atoms with Gasteiger partial charge in [-0.25, -0.2) is 4.98 Å². The van der Waals surface area contributed by atoms with Crippen LogP contribution in [0.5, 0.6) is 11.5 Å². The molecular formula is C12H13ClN2O2S. The van der Waals surface area contributed by atoms with Crippen molar-refractivity contribution in [1.82, 2.24) is 4.98 Å². The first kappa shape index (κ1) is 13.1. The predicted octanol–water partition coefficient (Wildman–Crippen LogP) is 2.84. The Labute approximate surface area is 114 Å². The molecule has 0 bridgehead atoms. The number of ether oxygens (including phenoxy) is 2. The Morgan fingerprint density at radius 2 is 2.28 bits per heavy atom. The van der Waals surface area contributed by atoms with Gasteiger partial charge in [0.15, 0.2) is 11.5 Å². The molecule has 0 fully saturated rings. The van der Waals surface area contributed by atoms with Crippen molar-refractivity contribution in [3.63, 3.8) is 0 Å². The fourth-order valence-corrected chi connectivity index (χ4v) is 2.32. The molecule has 1 heterocycles. The Morgan fingerprint density at radius 1 is 1.44 bits per heavy atom. The van der Waals surface area contributed by atoms with Gasteiger partial charge in [0.25, 0.3) is 0 Å². The fourth-order valence-electron chi connectivity index (χ4n) is 1.54. The van der Waals surface area contributed by atoms with E-state index in [-0.39, 0.29) is 0 Å². The summed E-state index contributed by atoms with van der Waals surface area (Å²) in [6.07, 6.45) is 0. The lowest BCUT2D eigenvalue weighted by molar-refractivity contribution is 0.278. The van der Waals surface area contributed by atoms with E-state index in [4.69, 9.17) is 26.8 Å². The molecule has 18 heavy (non-hydrogen) atoms. The van der Waals surface area contributed by atoms with Crippen LogP contribution in [0.3, 0.4) is 0 Å². The van der Waals surface area contributed by atoms with E-state index < -0.39 is 0 Å². The molecule has 0 radical (unpaired) electrons. The first-order valence-corrected chi connectivity index (χ1v) is 6.63. The van der Waals surface area contributed by atoms with Crippen LogP contribution in [0.2, 0.25) is 5.02 Å². The number of halogens is 1. The number of nitrogens with zero attached hydrogens (tertiary/aromatic N) is 1. The third-order valence-corrected chi connectivity index (χ3v) is 3.24. The first-order chi connectivity index (χ1) is 8.74. The highest BCUT2D eigenvalue weighted by Crippen LogP contribution is 2.35. The van der Waals surface area contributed by atoms with Gasteiger partial charge in [0.05, 0.1) is 18.3 Å². The van der Waals surface area contributed by atoms with E-state index in [1.165, 1.54) is 11.3 Å². The summed E-state index contributed by atoms with van der Waals surface area (Å²) in [4.78, 5) is 4.16. The zero-order valence-corrected chi connectivity index (χ0v) is 11.4. The highest BCUT2D eigenvalue weighted by molar-refractivity contribution is 7.07. The molecule has 0 atom stereocenters. The zero-order valence-electron chi connectivity index (χ0n) is 9.85. The van der Waals surface area contributed by atoms with Crippen LogP contribution in [0.4, 0.5) is 0 Å². The predicted molar refractivity (Wildman–Crippen MR) is 72.3 cm³/mol. The van der Waals surface area contributed by atoms with Crippen molar-refractivity contribution in [2.24, 2.45) is 5.73 Å². The molecule has 2 rings (SSSR count). The molecule has 2 N–H and O–H groups in total. The van der Waals surface area contributed by atoms with E-state index in [1.54, 1.807) is 24.8 Å². The van der Waals surface area contributed by atoms with Gasteiger partial charge in [-0.3, -0.25) is 0 Å². The van der Waals surface area contributed by atoms with Crippen LogP contribution >= 0.6 is 22.9 Å². The van der Waals surface area contributed by atoms with Crippen molar-refractivity contribution in [2.75, 3.05) is 7.11 Å². The molecule has 0 aliphatic carbocycles. The second-order valence-electron chi connectivity index (χ2n) is 3.57. The maximum atomic E-state index is 5.98. The van der Waals surface area contributed by atoms with Gasteiger partial charge in [0, 0.05) is 28.6 Å². The molecule has 0 amide bonds. The minimum Gasteiger partial charge on any atom is -0.493 e. The maximum Gasteiger partial charge on any atom is 0.166 e. The number of rotatable bonds is 5. The van der Waals surface area contributed by atoms with Gasteiger partial charge in [0.1, 0.15) is 6.61 Å². The Hall–Kier alpha value is -1.30. The number of hydrogen-bond donors (Lipinski definition) is 1. The molecular weight excluding hydrogens is 272 g/mol. The van der Waals surface area contributed by atoms with Gasteiger partial charge in [-0.2, -0.15) is 0 Å². The van der Waals surface area contributed by atoms with E-state index in [9.17, 15) is 0 Å². The number of hydrogen-bond acceptors (Lipinski definition) is 5. The normalized spacial score (nSPS) is 10.4. The second kappa shape index (κ2) is 6.04. The summed E-state index contributed by atoms with van der Waals surface area (Å²) >= 11 is 7.51. The van der Waals surface area contributed by atoms with E-state index >= 15 is 0 Å². The summed E-state index contributed by atoms with van der Waals surface area (Å²) in [5.74, 6) is 1.20. The molecule has 1 aromatic heterocycles. The summed E-state index contributed by atoms with van der Waals surface area (Å²) < 4.78 is 11.0. The smallest absolute Gasteiger partial charge is 0.166 e. The van der Waals surface area contributed by atoms with Crippen LogP contribution in [-0.4, -0.2) is 12.1 Å². The highest BCUT2D eigenvalue weighted by Gasteiger charge is 2.12. The van der Waals surface area contributed by atoms with Crippen molar-refractivity contribution in [3.8, 4) is 11.5 Å². The average molecular weight is 285 g/mol. The molecule has 1 aromatic carbocycles. The van der Waals surface area contributed by atoms with E-state index in [1.807, 2.05) is 5.38 Å². The molecule has 4 nitrogen and oxygen atoms in total. The summed E-state index contributed by atoms with van der Waals surface area (Å²) in [6.45, 7) is 0.720. The van der Waals surface area contributed by atoms with Gasteiger partial charge >= 0.3 is 0 Å². The average Bonchev–Trinajstić information content (AvgIpc) is 2.89. The molecule has 0 aliphatic rings. The van der Waals surface area contributed by atoms with E-state index in [2.05, 4.69) is 4.98 Å². The number of thiazole rings is 1. The third kappa shape index (κ3) is 2.93. The van der Waals surface area contributed by atoms with Gasteiger partial charge in [-0.05, 0) is 6.07 Å². The quantitative estimate of drug-likeness (QED) is 0.917. The SMILES string of the molecule is COc1cc(Cl)cc(CN)c1OCc1cscn1. The lowest BCUT2D eigenvalue weighted by Crippen LogP contribution is -2.05. The molecule has 96 valence electrons. The van der Waals surface area contributed by atoms with Crippen LogP contribution in [0.1, 0.15) is 11.3 Å². The highest BCUT2D eigenvalue weighted by atomic mass is 35.5. The number of methoxy groups -OCH3 is 1. The fraction of sp³-hybridized carbons (Fsp3) is 0.250. The molecule has 6 heteroatoms. The Balaban J connectivity index is 2.24. The Kier molecular flexibility index (Phi) is 4.41. The molecule has 0 saturated carbocycles. The van der Waals surface area contributed by atoms with Gasteiger partial charge in [-0.15, -0.1) is 11.3 Å². The van der Waals surface area contributed by atoms with Crippen LogP contribution < -0.4 is 15.2 Å². The molecule has 0 saturated heterocycles. The lowest BCUT2D eigenvalue weighted by atomic mass is 10.2. The Morgan fingerprint density at radius 3 is 2.89 bits per heavy atom. The van der Waals surface area contributed by atoms with E-state index in [0.29, 0.717) is 29.7 Å². The van der Waals surface area contributed by atoms with Crippen LogP contribution in [0, 0.1) is 0 Å². The first-order valence-electron chi connectivity index (χ1n) is 5.31. The molecule has 2 aromatic rings. The number of nitrogens with two attached hydrogens (primary N) is 1. The van der Waals surface area contributed by atoms with Crippen LogP contribution in [0.25, 0.3) is 0 Å². The summed E-state index contributed by atoms with van der Waals surface area (Å²) in [5.41, 5.74) is 9.14. The summed E-state index contributed by atoms with van der Waals surface area (Å²) in [5, 5.41) is 2.51. The topological polar surface area (TPSA) is 57.4 Å². The van der Waals surface area contributed by atoms with Crippen molar-refractivity contribution in [2.45, 2.75) is 13.2 Å². The van der Waals surface area contributed by atoms with Gasteiger partial charge in [0.2, 0.25) is 0 Å². The Bertz CT molecular complexity index is 492. The monoisotopic (exact) mass is 284 g/mol. The summed E-state index contributed by atoms with van der Waals surface area (Å²) in [6, 6.07) is 3.48. The van der Waals surface area contributed by atoms with Crippen molar-refractivity contribution < 1.29 is 9.47 Å². The summed E-state index contributed by atoms with van der Waals surface area (Å²) in [7, 11) is 1.57. The van der Waals surface area contributed by atoms with Crippen LogP contribution in [0.15, 0.2) is 23.0 Å². The van der Waals surface area contributed by atoms with Crippen molar-refractivity contribution in [1.29, 1.82) is 0 Å². The number of benzene rings is 1. The largest absolute Gasteiger partial charge is 0.493 e. The molecule has 0 unspecified atom stereocenters. The minimum absolute atomic E-state index is 0.337. The van der Waals surface area contributed by atoms with Crippen molar-refractivity contribution in [3.05, 3.63) is 39.3 Å². The third-order valence-electron chi connectivity index (χ3n) is 2.38. The van der Waals surface area contributed by atoms with Crippen molar-refractivity contribution >= 4 is 22.9 Å². The zero-order chi connectivity index (χ0) is 13.0. The maximum absolute atomic E-state index is 5.98. The number of aromatic nitrogens is 1. The van der Waals surface area contributed by atoms with Crippen LogP contribution in [-0.2, 0) is 13.2 Å². The van der Waals surface area contributed by atoms with E-state index in [0.717, 1.165) is 11.3 Å². The standard InChI is InChI=1S/C12H13ClN2O2S/c1-16-11-3-9(13)2-8(4-14)12(11)17-5-10-6-18-7-15-10/h2-3,6-7H,4-5,14H2,1H3. The molecule has 0 spiro atoms. The van der Waals surface area contributed by atoms with Gasteiger partial charge < -0.3 is 15.2 Å². The minimum atomic E-state index is 0.337. The second-order valence-corrected chi connectivity index (χ2v) is 4.72. The molecule has 0 aliphatic heterocycles.